The Kier molecular flexibility index (Phi) is 7.16. The van der Waals surface area contributed by atoms with Crippen LogP contribution >= 0.6 is 11.6 Å². The summed E-state index contributed by atoms with van der Waals surface area (Å²) in [7, 11) is 3.13. The van der Waals surface area contributed by atoms with Crippen LogP contribution < -0.4 is 14.2 Å². The number of carbonyl (C=O) groups excluding carboxylic acids is 1. The normalized spacial score (nSPS) is 10.5. The van der Waals surface area contributed by atoms with E-state index < -0.39 is 5.97 Å². The van der Waals surface area contributed by atoms with E-state index >= 15 is 0 Å². The molecule has 0 heterocycles. The standard InChI is InChI=1S/C19H19ClO5/c1-22-17-7-3-14(18(13-17)23-2)4-10-19(21)25-12-11-24-16-8-5-15(20)6-9-16/h3-10,13H,11-12H2,1-2H3/b10-4+. The average Bonchev–Trinajstić information content (AvgIpc) is 2.64. The highest BCUT2D eigenvalue weighted by molar-refractivity contribution is 6.30. The summed E-state index contributed by atoms with van der Waals surface area (Å²) >= 11 is 5.79. The van der Waals surface area contributed by atoms with Crippen molar-refractivity contribution in [2.24, 2.45) is 0 Å². The maximum Gasteiger partial charge on any atom is 0.330 e. The second-order valence-electron chi connectivity index (χ2n) is 4.91. The first kappa shape index (κ1) is 18.7. The summed E-state index contributed by atoms with van der Waals surface area (Å²) in [6.07, 6.45) is 2.97. The maximum atomic E-state index is 11.7. The third-order valence-electron chi connectivity index (χ3n) is 3.25. The van der Waals surface area contributed by atoms with Crippen molar-refractivity contribution in [1.29, 1.82) is 0 Å². The second kappa shape index (κ2) is 9.59. The van der Waals surface area contributed by atoms with Crippen LogP contribution in [0.4, 0.5) is 0 Å². The molecule has 2 aromatic carbocycles. The van der Waals surface area contributed by atoms with Crippen molar-refractivity contribution in [3.05, 3.63) is 59.1 Å². The van der Waals surface area contributed by atoms with Crippen molar-refractivity contribution in [2.75, 3.05) is 27.4 Å². The molecule has 0 aliphatic rings. The molecule has 0 amide bonds. The molecule has 0 unspecified atom stereocenters. The number of ether oxygens (including phenoxy) is 4. The number of esters is 1. The smallest absolute Gasteiger partial charge is 0.330 e. The largest absolute Gasteiger partial charge is 0.497 e. The zero-order valence-corrected chi connectivity index (χ0v) is 14.8. The van der Waals surface area contributed by atoms with Crippen molar-refractivity contribution in [1.82, 2.24) is 0 Å². The van der Waals surface area contributed by atoms with Crippen LogP contribution in [0.1, 0.15) is 5.56 Å². The van der Waals surface area contributed by atoms with E-state index in [-0.39, 0.29) is 13.2 Å². The van der Waals surface area contributed by atoms with Crippen molar-refractivity contribution < 1.29 is 23.7 Å². The molecule has 0 aliphatic carbocycles. The molecule has 0 aromatic heterocycles. The van der Waals surface area contributed by atoms with Gasteiger partial charge in [0, 0.05) is 22.7 Å². The first-order valence-electron chi connectivity index (χ1n) is 7.57. The van der Waals surface area contributed by atoms with Crippen molar-refractivity contribution in [3.63, 3.8) is 0 Å². The van der Waals surface area contributed by atoms with Crippen LogP contribution in [-0.2, 0) is 9.53 Å². The number of methoxy groups -OCH3 is 2. The molecule has 25 heavy (non-hydrogen) atoms. The Morgan fingerprint density at radius 1 is 1.00 bits per heavy atom. The molecule has 2 rings (SSSR count). The molecule has 0 saturated heterocycles. The average molecular weight is 363 g/mol. The van der Waals surface area contributed by atoms with Gasteiger partial charge < -0.3 is 18.9 Å². The Hall–Kier alpha value is -2.66. The van der Waals surface area contributed by atoms with Gasteiger partial charge in [0.05, 0.1) is 14.2 Å². The van der Waals surface area contributed by atoms with Crippen LogP contribution in [0.3, 0.4) is 0 Å². The molecule has 0 bridgehead atoms. The molecule has 0 N–H and O–H groups in total. The Morgan fingerprint density at radius 2 is 1.72 bits per heavy atom. The van der Waals surface area contributed by atoms with Crippen LogP contribution in [-0.4, -0.2) is 33.4 Å². The first-order valence-corrected chi connectivity index (χ1v) is 7.95. The number of rotatable bonds is 8. The van der Waals surface area contributed by atoms with Gasteiger partial charge >= 0.3 is 5.97 Å². The predicted octanol–water partition coefficient (Wildman–Crippen LogP) is 3.99. The Morgan fingerprint density at radius 3 is 2.40 bits per heavy atom. The first-order chi connectivity index (χ1) is 12.1. The monoisotopic (exact) mass is 362 g/mol. The van der Waals surface area contributed by atoms with Crippen LogP contribution in [0.5, 0.6) is 17.2 Å². The van der Waals surface area contributed by atoms with E-state index in [1.807, 2.05) is 0 Å². The zero-order valence-electron chi connectivity index (χ0n) is 14.0. The molecule has 6 heteroatoms. The summed E-state index contributed by atoms with van der Waals surface area (Å²) in [5.74, 6) is 1.49. The fourth-order valence-electron chi connectivity index (χ4n) is 1.99. The van der Waals surface area contributed by atoms with E-state index in [1.165, 1.54) is 6.08 Å². The van der Waals surface area contributed by atoms with E-state index in [0.717, 1.165) is 5.56 Å². The summed E-state index contributed by atoms with van der Waals surface area (Å²) in [5, 5.41) is 0.637. The maximum absolute atomic E-state index is 11.7. The summed E-state index contributed by atoms with van der Waals surface area (Å²) in [6, 6.07) is 12.3. The molecular weight excluding hydrogens is 344 g/mol. The van der Waals surface area contributed by atoms with Gasteiger partial charge in [-0.3, -0.25) is 0 Å². The van der Waals surface area contributed by atoms with Crippen molar-refractivity contribution >= 4 is 23.6 Å². The van der Waals surface area contributed by atoms with Gasteiger partial charge in [0.1, 0.15) is 30.5 Å². The van der Waals surface area contributed by atoms with E-state index in [9.17, 15) is 4.79 Å². The van der Waals surface area contributed by atoms with Gasteiger partial charge in [0.2, 0.25) is 0 Å². The van der Waals surface area contributed by atoms with E-state index in [0.29, 0.717) is 22.3 Å². The number of benzene rings is 2. The highest BCUT2D eigenvalue weighted by Gasteiger charge is 2.04. The summed E-state index contributed by atoms with van der Waals surface area (Å²) in [4.78, 5) is 11.7. The summed E-state index contributed by atoms with van der Waals surface area (Å²) < 4.78 is 20.9. The molecule has 0 aliphatic heterocycles. The zero-order chi connectivity index (χ0) is 18.1. The minimum atomic E-state index is -0.461. The van der Waals surface area contributed by atoms with Crippen LogP contribution in [0, 0.1) is 0 Å². The van der Waals surface area contributed by atoms with Crippen LogP contribution in [0.2, 0.25) is 5.02 Å². The highest BCUT2D eigenvalue weighted by atomic mass is 35.5. The molecule has 5 nitrogen and oxygen atoms in total. The molecular formula is C19H19ClO5. The van der Waals surface area contributed by atoms with Gasteiger partial charge in [0.15, 0.2) is 0 Å². The fraction of sp³-hybridized carbons (Fsp3) is 0.211. The van der Waals surface area contributed by atoms with Crippen molar-refractivity contribution in [2.45, 2.75) is 0 Å². The molecule has 0 atom stereocenters. The van der Waals surface area contributed by atoms with Gasteiger partial charge in [0.25, 0.3) is 0 Å². The van der Waals surface area contributed by atoms with Gasteiger partial charge in [-0.05, 0) is 42.5 Å². The minimum absolute atomic E-state index is 0.144. The van der Waals surface area contributed by atoms with Crippen molar-refractivity contribution in [3.8, 4) is 17.2 Å². The molecule has 132 valence electrons. The van der Waals surface area contributed by atoms with Gasteiger partial charge in [-0.2, -0.15) is 0 Å². The molecule has 2 aromatic rings. The predicted molar refractivity (Wildman–Crippen MR) is 96.5 cm³/mol. The topological polar surface area (TPSA) is 54.0 Å². The third-order valence-corrected chi connectivity index (χ3v) is 3.50. The van der Waals surface area contributed by atoms with Gasteiger partial charge in [-0.15, -0.1) is 0 Å². The second-order valence-corrected chi connectivity index (χ2v) is 5.35. The SMILES string of the molecule is COc1ccc(/C=C/C(=O)OCCOc2ccc(Cl)cc2)c(OC)c1. The molecule has 0 radical (unpaired) electrons. The summed E-state index contributed by atoms with van der Waals surface area (Å²) in [5.41, 5.74) is 0.748. The quantitative estimate of drug-likeness (QED) is 0.403. The van der Waals surface area contributed by atoms with E-state index in [2.05, 4.69) is 0 Å². The van der Waals surface area contributed by atoms with Crippen LogP contribution in [0.25, 0.3) is 6.08 Å². The molecule has 0 fully saturated rings. The lowest BCUT2D eigenvalue weighted by molar-refractivity contribution is -0.138. The Balaban J connectivity index is 1.79. The Bertz CT molecular complexity index is 725. The minimum Gasteiger partial charge on any atom is -0.497 e. The van der Waals surface area contributed by atoms with E-state index in [4.69, 9.17) is 30.5 Å². The Labute approximate surface area is 151 Å². The fourth-order valence-corrected chi connectivity index (χ4v) is 2.12. The highest BCUT2D eigenvalue weighted by Crippen LogP contribution is 2.25. The lowest BCUT2D eigenvalue weighted by Crippen LogP contribution is -2.10. The molecule has 0 spiro atoms. The van der Waals surface area contributed by atoms with E-state index in [1.54, 1.807) is 62.8 Å². The summed E-state index contributed by atoms with van der Waals surface area (Å²) in [6.45, 7) is 0.401. The van der Waals surface area contributed by atoms with Crippen LogP contribution in [0.15, 0.2) is 48.5 Å². The lowest BCUT2D eigenvalue weighted by atomic mass is 10.2. The molecule has 0 saturated carbocycles. The van der Waals surface area contributed by atoms with Gasteiger partial charge in [-0.1, -0.05) is 11.6 Å². The lowest BCUT2D eigenvalue weighted by Gasteiger charge is -2.07. The number of halogens is 1. The third kappa shape index (κ3) is 6.04. The number of carbonyl (C=O) groups is 1. The van der Waals surface area contributed by atoms with Gasteiger partial charge in [-0.25, -0.2) is 4.79 Å². The number of hydrogen-bond donors (Lipinski definition) is 0. The number of hydrogen-bond acceptors (Lipinski definition) is 5.